The van der Waals surface area contributed by atoms with E-state index in [4.69, 9.17) is 5.73 Å². The number of thiophene rings is 1. The number of hydrogen-bond donors (Lipinski definition) is 1. The van der Waals surface area contributed by atoms with Crippen molar-refractivity contribution in [3.05, 3.63) is 50.6 Å². The minimum absolute atomic E-state index is 0.254. The number of rotatable bonds is 3. The molecule has 1 atom stereocenters. The van der Waals surface area contributed by atoms with Gasteiger partial charge in [-0.25, -0.2) is 0 Å². The first kappa shape index (κ1) is 14.4. The highest BCUT2D eigenvalue weighted by Crippen LogP contribution is 2.30. The average molecular weight is 352 g/mol. The molecule has 0 fully saturated rings. The summed E-state index contributed by atoms with van der Waals surface area (Å²) in [4.78, 5) is 0.927. The maximum absolute atomic E-state index is 12.0. The molecule has 102 valence electrons. The fraction of sp³-hybridized carbons (Fsp3) is 0.167. The van der Waals surface area contributed by atoms with E-state index in [9.17, 15) is 13.2 Å². The quantitative estimate of drug-likeness (QED) is 0.885. The van der Waals surface area contributed by atoms with Crippen LogP contribution >= 0.6 is 27.3 Å². The summed E-state index contributed by atoms with van der Waals surface area (Å²) in [5, 5.41) is 1.90. The molecule has 1 aromatic carbocycles. The Balaban J connectivity index is 2.14. The molecule has 2 nitrogen and oxygen atoms in total. The third kappa shape index (κ3) is 3.95. The summed E-state index contributed by atoms with van der Waals surface area (Å²) in [5.74, 6) is -0.254. The summed E-state index contributed by atoms with van der Waals surface area (Å²) in [6, 6.07) is 7.08. The molecule has 0 spiro atoms. The maximum Gasteiger partial charge on any atom is 0.573 e. The van der Waals surface area contributed by atoms with E-state index in [1.807, 2.05) is 11.4 Å². The molecule has 0 amide bonds. The maximum atomic E-state index is 12.0. The lowest BCUT2D eigenvalue weighted by Gasteiger charge is -2.12. The highest BCUT2D eigenvalue weighted by atomic mass is 79.9. The van der Waals surface area contributed by atoms with Gasteiger partial charge in [-0.15, -0.1) is 24.5 Å². The number of halogens is 4. The fourth-order valence-electron chi connectivity index (χ4n) is 1.53. The molecule has 0 bridgehead atoms. The Morgan fingerprint density at radius 1 is 1.21 bits per heavy atom. The fourth-order valence-corrected chi connectivity index (χ4v) is 3.01. The van der Waals surface area contributed by atoms with E-state index in [1.54, 1.807) is 0 Å². The SMILES string of the molecule is N[C@H](c1ccc(OC(F)(F)F)cc1)c1cc(Br)cs1. The Hall–Kier alpha value is -1.05. The molecule has 2 N–H and O–H groups in total. The molecule has 0 radical (unpaired) electrons. The normalized spacial score (nSPS) is 13.3. The topological polar surface area (TPSA) is 35.2 Å². The van der Waals surface area contributed by atoms with Crippen molar-refractivity contribution >= 4 is 27.3 Å². The van der Waals surface area contributed by atoms with E-state index in [0.717, 1.165) is 14.9 Å². The smallest absolute Gasteiger partial charge is 0.406 e. The first-order valence-corrected chi connectivity index (χ1v) is 6.87. The Bertz CT molecular complexity index is 553. The second kappa shape index (κ2) is 5.52. The van der Waals surface area contributed by atoms with Crippen LogP contribution in [0.1, 0.15) is 16.5 Å². The molecule has 0 unspecified atom stereocenters. The predicted octanol–water partition coefficient (Wildman–Crippen LogP) is 4.46. The van der Waals surface area contributed by atoms with Gasteiger partial charge in [0.05, 0.1) is 6.04 Å². The van der Waals surface area contributed by atoms with Crippen LogP contribution in [0.5, 0.6) is 5.75 Å². The van der Waals surface area contributed by atoms with Crippen LogP contribution in [0.3, 0.4) is 0 Å². The lowest BCUT2D eigenvalue weighted by Crippen LogP contribution is -2.17. The van der Waals surface area contributed by atoms with Crippen molar-refractivity contribution in [2.45, 2.75) is 12.4 Å². The number of nitrogens with two attached hydrogens (primary N) is 1. The Kier molecular flexibility index (Phi) is 4.17. The zero-order chi connectivity index (χ0) is 14.0. The summed E-state index contributed by atoms with van der Waals surface area (Å²) >= 11 is 4.81. The molecule has 2 rings (SSSR count). The van der Waals surface area contributed by atoms with Crippen molar-refractivity contribution in [1.82, 2.24) is 0 Å². The van der Waals surface area contributed by atoms with Crippen LogP contribution in [0, 0.1) is 0 Å². The summed E-state index contributed by atoms with van der Waals surface area (Å²) in [5.41, 5.74) is 6.76. The van der Waals surface area contributed by atoms with Crippen molar-refractivity contribution in [3.63, 3.8) is 0 Å². The van der Waals surface area contributed by atoms with Gasteiger partial charge in [0, 0.05) is 14.7 Å². The third-order valence-corrected chi connectivity index (χ3v) is 4.14. The van der Waals surface area contributed by atoms with Gasteiger partial charge in [-0.1, -0.05) is 12.1 Å². The molecule has 7 heteroatoms. The summed E-state index contributed by atoms with van der Waals surface area (Å²) in [6.45, 7) is 0. The first-order chi connectivity index (χ1) is 8.85. The number of alkyl halides is 3. The predicted molar refractivity (Wildman–Crippen MR) is 71.2 cm³/mol. The second-order valence-electron chi connectivity index (χ2n) is 3.76. The van der Waals surface area contributed by atoms with Gasteiger partial charge < -0.3 is 10.5 Å². The molecule has 19 heavy (non-hydrogen) atoms. The minimum atomic E-state index is -4.68. The Labute approximate surface area is 120 Å². The van der Waals surface area contributed by atoms with Crippen molar-refractivity contribution in [2.75, 3.05) is 0 Å². The second-order valence-corrected chi connectivity index (χ2v) is 5.62. The van der Waals surface area contributed by atoms with Crippen LogP contribution in [-0.4, -0.2) is 6.36 Å². The molecular weight excluding hydrogens is 343 g/mol. The van der Waals surface area contributed by atoms with Gasteiger partial charge in [0.1, 0.15) is 5.75 Å². The average Bonchev–Trinajstić information content (AvgIpc) is 2.74. The molecule has 1 aromatic heterocycles. The Morgan fingerprint density at radius 3 is 2.32 bits per heavy atom. The molecule has 0 aliphatic heterocycles. The summed E-state index contributed by atoms with van der Waals surface area (Å²) in [7, 11) is 0. The monoisotopic (exact) mass is 351 g/mol. The van der Waals surface area contributed by atoms with E-state index < -0.39 is 6.36 Å². The van der Waals surface area contributed by atoms with Crippen LogP contribution in [0.15, 0.2) is 40.2 Å². The largest absolute Gasteiger partial charge is 0.573 e. The van der Waals surface area contributed by atoms with Crippen LogP contribution in [0.4, 0.5) is 13.2 Å². The van der Waals surface area contributed by atoms with Gasteiger partial charge in [-0.05, 0) is 39.7 Å². The molecule has 2 aromatic rings. The van der Waals surface area contributed by atoms with Gasteiger partial charge in [0.2, 0.25) is 0 Å². The van der Waals surface area contributed by atoms with Crippen molar-refractivity contribution in [1.29, 1.82) is 0 Å². The molecule has 1 heterocycles. The van der Waals surface area contributed by atoms with E-state index in [2.05, 4.69) is 20.7 Å². The zero-order valence-electron chi connectivity index (χ0n) is 9.45. The van der Waals surface area contributed by atoms with Crippen molar-refractivity contribution < 1.29 is 17.9 Å². The van der Waals surface area contributed by atoms with Gasteiger partial charge in [-0.3, -0.25) is 0 Å². The van der Waals surface area contributed by atoms with Crippen molar-refractivity contribution in [3.8, 4) is 5.75 Å². The Morgan fingerprint density at radius 2 is 1.84 bits per heavy atom. The van der Waals surface area contributed by atoms with Crippen LogP contribution in [0.2, 0.25) is 0 Å². The number of hydrogen-bond acceptors (Lipinski definition) is 3. The molecule has 0 saturated heterocycles. The number of ether oxygens (including phenoxy) is 1. The lowest BCUT2D eigenvalue weighted by molar-refractivity contribution is -0.274. The standard InChI is InChI=1S/C12H9BrF3NOS/c13-8-5-10(19-6-8)11(17)7-1-3-9(4-2-7)18-12(14,15)16/h1-6,11H,17H2/t11-/m1/s1. The third-order valence-electron chi connectivity index (χ3n) is 2.37. The molecule has 0 saturated carbocycles. The van der Waals surface area contributed by atoms with Gasteiger partial charge in [-0.2, -0.15) is 0 Å². The van der Waals surface area contributed by atoms with E-state index in [-0.39, 0.29) is 11.8 Å². The highest BCUT2D eigenvalue weighted by molar-refractivity contribution is 9.10. The van der Waals surface area contributed by atoms with Gasteiger partial charge >= 0.3 is 6.36 Å². The van der Waals surface area contributed by atoms with Crippen LogP contribution < -0.4 is 10.5 Å². The van der Waals surface area contributed by atoms with E-state index in [1.165, 1.54) is 35.6 Å². The van der Waals surface area contributed by atoms with Gasteiger partial charge in [0.15, 0.2) is 0 Å². The van der Waals surface area contributed by atoms with Gasteiger partial charge in [0.25, 0.3) is 0 Å². The zero-order valence-corrected chi connectivity index (χ0v) is 11.8. The summed E-state index contributed by atoms with van der Waals surface area (Å²) < 4.78 is 40.8. The molecule has 0 aliphatic carbocycles. The van der Waals surface area contributed by atoms with E-state index in [0.29, 0.717) is 0 Å². The highest BCUT2D eigenvalue weighted by Gasteiger charge is 2.31. The van der Waals surface area contributed by atoms with Crippen molar-refractivity contribution in [2.24, 2.45) is 5.73 Å². The molecular formula is C12H9BrF3NOS. The van der Waals surface area contributed by atoms with E-state index >= 15 is 0 Å². The minimum Gasteiger partial charge on any atom is -0.406 e. The lowest BCUT2D eigenvalue weighted by atomic mass is 10.1. The summed E-state index contributed by atoms with van der Waals surface area (Å²) in [6.07, 6.45) is -4.68. The van der Waals surface area contributed by atoms with Crippen LogP contribution in [-0.2, 0) is 0 Å². The first-order valence-electron chi connectivity index (χ1n) is 5.20. The molecule has 0 aliphatic rings. The number of benzene rings is 1. The van der Waals surface area contributed by atoms with Crippen LogP contribution in [0.25, 0.3) is 0 Å².